The number of piperazine rings is 1. The van der Waals surface area contributed by atoms with E-state index in [2.05, 4.69) is 10.2 Å². The summed E-state index contributed by atoms with van der Waals surface area (Å²) in [5.74, 6) is 0.798. The summed E-state index contributed by atoms with van der Waals surface area (Å²) in [7, 11) is 0. The topological polar surface area (TPSA) is 44.8 Å². The Morgan fingerprint density at radius 2 is 1.69 bits per heavy atom. The predicted octanol–water partition coefficient (Wildman–Crippen LogP) is 4.48. The highest BCUT2D eigenvalue weighted by Crippen LogP contribution is 2.26. The molecule has 3 rings (SSSR count). The van der Waals surface area contributed by atoms with Crippen LogP contribution in [0.25, 0.3) is 0 Å². The minimum atomic E-state index is -0.0821. The molecule has 0 bridgehead atoms. The molecule has 2 aromatic carbocycles. The van der Waals surface area contributed by atoms with Crippen LogP contribution in [0.4, 0.5) is 16.2 Å². The molecule has 0 saturated carbocycles. The Morgan fingerprint density at radius 1 is 1.04 bits per heavy atom. The third-order valence-electron chi connectivity index (χ3n) is 4.24. The molecule has 1 saturated heterocycles. The fourth-order valence-electron chi connectivity index (χ4n) is 2.95. The van der Waals surface area contributed by atoms with Crippen LogP contribution >= 0.6 is 11.6 Å². The summed E-state index contributed by atoms with van der Waals surface area (Å²) >= 11 is 6.26. The van der Waals surface area contributed by atoms with Gasteiger partial charge in [0.25, 0.3) is 0 Å². The number of carbonyl (C=O) groups excluding carboxylic acids is 1. The smallest absolute Gasteiger partial charge is 0.321 e. The molecule has 0 aliphatic carbocycles. The highest BCUT2D eigenvalue weighted by molar-refractivity contribution is 6.33. The molecule has 6 heteroatoms. The number of nitrogens with one attached hydrogen (secondary N) is 1. The van der Waals surface area contributed by atoms with Gasteiger partial charge < -0.3 is 19.9 Å². The first-order chi connectivity index (χ1) is 12.5. The summed E-state index contributed by atoms with van der Waals surface area (Å²) in [5.41, 5.74) is 1.79. The highest BCUT2D eigenvalue weighted by Gasteiger charge is 2.22. The van der Waals surface area contributed by atoms with Crippen LogP contribution in [-0.4, -0.2) is 43.2 Å². The van der Waals surface area contributed by atoms with Crippen molar-refractivity contribution in [1.29, 1.82) is 0 Å². The van der Waals surface area contributed by atoms with E-state index in [1.54, 1.807) is 0 Å². The summed E-state index contributed by atoms with van der Waals surface area (Å²) in [5, 5.41) is 3.69. The molecule has 0 unspecified atom stereocenters. The van der Waals surface area contributed by atoms with Crippen LogP contribution < -0.4 is 15.0 Å². The first-order valence-electron chi connectivity index (χ1n) is 8.85. The Kier molecular flexibility index (Phi) is 5.89. The lowest BCUT2D eigenvalue weighted by Crippen LogP contribution is -2.50. The number of carbonyl (C=O) groups is 1. The van der Waals surface area contributed by atoms with Gasteiger partial charge in [0.15, 0.2) is 0 Å². The number of hydrogen-bond acceptors (Lipinski definition) is 3. The number of nitrogens with zero attached hydrogens (tertiary/aromatic N) is 2. The molecule has 0 atom stereocenters. The van der Waals surface area contributed by atoms with E-state index in [0.29, 0.717) is 13.1 Å². The van der Waals surface area contributed by atoms with Crippen molar-refractivity contribution in [1.82, 2.24) is 4.90 Å². The summed E-state index contributed by atoms with van der Waals surface area (Å²) in [6.45, 7) is 6.81. The van der Waals surface area contributed by atoms with E-state index in [1.165, 1.54) is 0 Å². The Hall–Kier alpha value is -2.40. The molecule has 1 aliphatic rings. The van der Waals surface area contributed by atoms with Gasteiger partial charge in [-0.1, -0.05) is 23.7 Å². The molecule has 1 N–H and O–H groups in total. The Labute approximate surface area is 159 Å². The third kappa shape index (κ3) is 4.61. The number of hydrogen-bond donors (Lipinski definition) is 1. The molecule has 0 radical (unpaired) electrons. The van der Waals surface area contributed by atoms with Gasteiger partial charge in [0.1, 0.15) is 5.75 Å². The highest BCUT2D eigenvalue weighted by atomic mass is 35.5. The van der Waals surface area contributed by atoms with E-state index in [1.807, 2.05) is 67.3 Å². The zero-order valence-corrected chi connectivity index (χ0v) is 15.9. The number of para-hydroxylation sites is 1. The second-order valence-electron chi connectivity index (χ2n) is 6.55. The number of ether oxygens (including phenoxy) is 1. The van der Waals surface area contributed by atoms with Crippen molar-refractivity contribution in [3.63, 3.8) is 0 Å². The molecule has 0 spiro atoms. The number of amides is 2. The summed E-state index contributed by atoms with van der Waals surface area (Å²) in [4.78, 5) is 16.5. The number of anilines is 2. The summed E-state index contributed by atoms with van der Waals surface area (Å²) < 4.78 is 5.61. The van der Waals surface area contributed by atoms with E-state index in [-0.39, 0.29) is 12.1 Å². The molecule has 0 aromatic heterocycles. The number of rotatable bonds is 4. The van der Waals surface area contributed by atoms with Gasteiger partial charge in [-0.3, -0.25) is 0 Å². The minimum absolute atomic E-state index is 0.0821. The lowest BCUT2D eigenvalue weighted by atomic mass is 10.2. The molecule has 1 heterocycles. The average molecular weight is 374 g/mol. The van der Waals surface area contributed by atoms with Crippen LogP contribution in [0.1, 0.15) is 13.8 Å². The first-order valence-corrected chi connectivity index (χ1v) is 9.23. The monoisotopic (exact) mass is 373 g/mol. The Morgan fingerprint density at radius 3 is 2.31 bits per heavy atom. The molecule has 5 nitrogen and oxygen atoms in total. The van der Waals surface area contributed by atoms with Gasteiger partial charge in [-0.05, 0) is 50.2 Å². The number of benzene rings is 2. The van der Waals surface area contributed by atoms with Crippen molar-refractivity contribution >= 4 is 29.0 Å². The predicted molar refractivity (Wildman–Crippen MR) is 106 cm³/mol. The molecule has 138 valence electrons. The molecule has 1 fully saturated rings. The van der Waals surface area contributed by atoms with Crippen molar-refractivity contribution in [3.8, 4) is 5.75 Å². The van der Waals surface area contributed by atoms with E-state index >= 15 is 0 Å². The van der Waals surface area contributed by atoms with E-state index in [0.717, 1.165) is 35.2 Å². The fraction of sp³-hybridized carbons (Fsp3) is 0.350. The molecule has 2 amide bonds. The van der Waals surface area contributed by atoms with Crippen molar-refractivity contribution in [2.24, 2.45) is 0 Å². The quantitative estimate of drug-likeness (QED) is 0.859. The maximum atomic E-state index is 12.5. The van der Waals surface area contributed by atoms with Crippen molar-refractivity contribution in [3.05, 3.63) is 53.6 Å². The minimum Gasteiger partial charge on any atom is -0.491 e. The van der Waals surface area contributed by atoms with Gasteiger partial charge in [0.05, 0.1) is 16.8 Å². The maximum Gasteiger partial charge on any atom is 0.321 e. The van der Waals surface area contributed by atoms with E-state index < -0.39 is 0 Å². The number of halogens is 1. The van der Waals surface area contributed by atoms with Gasteiger partial charge in [-0.2, -0.15) is 0 Å². The summed E-state index contributed by atoms with van der Waals surface area (Å²) in [6, 6.07) is 15.2. The maximum absolute atomic E-state index is 12.5. The standard InChI is InChI=1S/C20H24ClN3O2/c1-15(2)26-17-9-7-16(8-10-17)22-20(25)24-13-11-23(12-14-24)19-6-4-3-5-18(19)21/h3-10,15H,11-14H2,1-2H3,(H,22,25). The van der Waals surface area contributed by atoms with Crippen LogP contribution in [0.2, 0.25) is 5.02 Å². The summed E-state index contributed by atoms with van der Waals surface area (Å²) in [6.07, 6.45) is 0.129. The van der Waals surface area contributed by atoms with Gasteiger partial charge >= 0.3 is 6.03 Å². The molecule has 2 aromatic rings. The molecule has 26 heavy (non-hydrogen) atoms. The fourth-order valence-corrected chi connectivity index (χ4v) is 3.21. The van der Waals surface area contributed by atoms with Gasteiger partial charge in [-0.25, -0.2) is 4.79 Å². The molecular weight excluding hydrogens is 350 g/mol. The second kappa shape index (κ2) is 8.32. The lowest BCUT2D eigenvalue weighted by molar-refractivity contribution is 0.208. The Balaban J connectivity index is 1.53. The second-order valence-corrected chi connectivity index (χ2v) is 6.95. The van der Waals surface area contributed by atoms with E-state index in [9.17, 15) is 4.79 Å². The van der Waals surface area contributed by atoms with Crippen molar-refractivity contribution in [2.75, 3.05) is 36.4 Å². The van der Waals surface area contributed by atoms with Gasteiger partial charge in [-0.15, -0.1) is 0 Å². The van der Waals surface area contributed by atoms with Crippen LogP contribution in [-0.2, 0) is 0 Å². The molecular formula is C20H24ClN3O2. The van der Waals surface area contributed by atoms with E-state index in [4.69, 9.17) is 16.3 Å². The van der Waals surface area contributed by atoms with Gasteiger partial charge in [0, 0.05) is 31.9 Å². The first kappa shape index (κ1) is 18.4. The number of urea groups is 1. The van der Waals surface area contributed by atoms with Crippen LogP contribution in [0.3, 0.4) is 0 Å². The SMILES string of the molecule is CC(C)Oc1ccc(NC(=O)N2CCN(c3ccccc3Cl)CC2)cc1. The zero-order chi connectivity index (χ0) is 18.5. The van der Waals surface area contributed by atoms with Crippen LogP contribution in [0.15, 0.2) is 48.5 Å². The lowest BCUT2D eigenvalue weighted by Gasteiger charge is -2.36. The third-order valence-corrected chi connectivity index (χ3v) is 4.56. The van der Waals surface area contributed by atoms with Gasteiger partial charge in [0.2, 0.25) is 0 Å². The Bertz CT molecular complexity index is 741. The normalized spacial score (nSPS) is 14.5. The largest absolute Gasteiger partial charge is 0.491 e. The van der Waals surface area contributed by atoms with Crippen molar-refractivity contribution in [2.45, 2.75) is 20.0 Å². The van der Waals surface area contributed by atoms with Crippen molar-refractivity contribution < 1.29 is 9.53 Å². The van der Waals surface area contributed by atoms with Crippen LogP contribution in [0.5, 0.6) is 5.75 Å². The molecule has 1 aliphatic heterocycles. The zero-order valence-electron chi connectivity index (χ0n) is 15.1. The average Bonchev–Trinajstić information content (AvgIpc) is 2.63. The van der Waals surface area contributed by atoms with Crippen LogP contribution in [0, 0.1) is 0 Å².